The highest BCUT2D eigenvalue weighted by Gasteiger charge is 2.17. The van der Waals surface area contributed by atoms with Gasteiger partial charge in [0.05, 0.1) is 26.1 Å². The van der Waals surface area contributed by atoms with Crippen LogP contribution in [-0.2, 0) is 4.79 Å². The minimum absolute atomic E-state index is 0.306. The van der Waals surface area contributed by atoms with Crippen LogP contribution < -0.4 is 19.7 Å². The molecule has 2 amide bonds. The number of hydrogen-bond acceptors (Lipinski definition) is 6. The lowest BCUT2D eigenvalue weighted by molar-refractivity contribution is -0.118. The van der Waals surface area contributed by atoms with Crippen LogP contribution in [-0.4, -0.2) is 62.6 Å². The van der Waals surface area contributed by atoms with E-state index < -0.39 is 0 Å². The first-order chi connectivity index (χ1) is 13.1. The molecule has 0 bridgehead atoms. The van der Waals surface area contributed by atoms with Crippen molar-refractivity contribution in [2.45, 2.75) is 0 Å². The van der Waals surface area contributed by atoms with Gasteiger partial charge in [-0.3, -0.25) is 9.59 Å². The summed E-state index contributed by atoms with van der Waals surface area (Å²) in [7, 11) is 3.10. The van der Waals surface area contributed by atoms with E-state index >= 15 is 0 Å². The van der Waals surface area contributed by atoms with E-state index in [9.17, 15) is 9.59 Å². The average molecular weight is 370 g/mol. The molecule has 1 N–H and O–H groups in total. The number of hydrogen-bond donors (Lipinski definition) is 1. The van der Waals surface area contributed by atoms with Gasteiger partial charge in [0.15, 0.2) is 11.5 Å². The highest BCUT2D eigenvalue weighted by atomic mass is 16.5. The van der Waals surface area contributed by atoms with Crippen molar-refractivity contribution in [1.82, 2.24) is 9.88 Å². The summed E-state index contributed by atoms with van der Waals surface area (Å²) in [4.78, 5) is 31.4. The van der Waals surface area contributed by atoms with Crippen LogP contribution in [0.2, 0.25) is 0 Å². The number of pyridine rings is 1. The van der Waals surface area contributed by atoms with Crippen LogP contribution in [0.15, 0.2) is 36.5 Å². The molecule has 1 aromatic heterocycles. The van der Waals surface area contributed by atoms with Crippen molar-refractivity contribution in [3.63, 3.8) is 0 Å². The topological polar surface area (TPSA) is 84.0 Å². The summed E-state index contributed by atoms with van der Waals surface area (Å²) < 4.78 is 10.4. The summed E-state index contributed by atoms with van der Waals surface area (Å²) in [5.41, 5.74) is 1.84. The first kappa shape index (κ1) is 18.5. The second kappa shape index (κ2) is 8.39. The smallest absolute Gasteiger partial charge is 0.274 e. The molecule has 2 aromatic rings. The molecular weight excluding hydrogens is 348 g/mol. The first-order valence-electron chi connectivity index (χ1n) is 8.58. The highest BCUT2D eigenvalue weighted by Crippen LogP contribution is 2.29. The van der Waals surface area contributed by atoms with E-state index in [1.165, 1.54) is 0 Å². The monoisotopic (exact) mass is 370 g/mol. The molecule has 1 aliphatic heterocycles. The van der Waals surface area contributed by atoms with E-state index in [0.717, 1.165) is 25.2 Å². The number of nitrogens with one attached hydrogen (secondary N) is 1. The Morgan fingerprint density at radius 3 is 2.41 bits per heavy atom. The van der Waals surface area contributed by atoms with E-state index in [-0.39, 0.29) is 5.91 Å². The molecule has 3 rings (SSSR count). The molecule has 1 fully saturated rings. The zero-order chi connectivity index (χ0) is 19.2. The molecule has 0 saturated carbocycles. The van der Waals surface area contributed by atoms with Crippen molar-refractivity contribution in [3.8, 4) is 11.5 Å². The Kier molecular flexibility index (Phi) is 5.75. The molecule has 1 aliphatic rings. The van der Waals surface area contributed by atoms with E-state index in [0.29, 0.717) is 36.0 Å². The number of rotatable bonds is 6. The molecule has 8 heteroatoms. The number of methoxy groups -OCH3 is 2. The number of ether oxygens (including phenoxy) is 2. The van der Waals surface area contributed by atoms with Gasteiger partial charge in [0.2, 0.25) is 6.41 Å². The molecule has 2 heterocycles. The van der Waals surface area contributed by atoms with Crippen molar-refractivity contribution in [2.75, 3.05) is 50.6 Å². The second-order valence-electron chi connectivity index (χ2n) is 6.05. The van der Waals surface area contributed by atoms with Crippen LogP contribution in [0.1, 0.15) is 10.5 Å². The van der Waals surface area contributed by atoms with Crippen LogP contribution in [0.25, 0.3) is 0 Å². The maximum absolute atomic E-state index is 12.4. The Bertz CT molecular complexity index is 802. The van der Waals surface area contributed by atoms with Crippen molar-refractivity contribution in [1.29, 1.82) is 0 Å². The highest BCUT2D eigenvalue weighted by molar-refractivity contribution is 6.03. The minimum atomic E-state index is -0.306. The molecule has 0 atom stereocenters. The van der Waals surface area contributed by atoms with Crippen molar-refractivity contribution >= 4 is 23.7 Å². The number of carbonyl (C=O) groups excluding carboxylic acids is 2. The summed E-state index contributed by atoms with van der Waals surface area (Å²) in [5.74, 6) is 0.820. The Hall–Kier alpha value is -3.29. The minimum Gasteiger partial charge on any atom is -0.493 e. The predicted octanol–water partition coefficient (Wildman–Crippen LogP) is 1.63. The van der Waals surface area contributed by atoms with E-state index in [4.69, 9.17) is 9.47 Å². The van der Waals surface area contributed by atoms with Gasteiger partial charge >= 0.3 is 0 Å². The fourth-order valence-corrected chi connectivity index (χ4v) is 2.90. The average Bonchev–Trinajstić information content (AvgIpc) is 2.73. The number of aromatic nitrogens is 1. The summed E-state index contributed by atoms with van der Waals surface area (Å²) in [6.45, 7) is 2.87. The van der Waals surface area contributed by atoms with Crippen LogP contribution >= 0.6 is 0 Å². The van der Waals surface area contributed by atoms with Gasteiger partial charge < -0.3 is 24.6 Å². The zero-order valence-electron chi connectivity index (χ0n) is 15.3. The third-order valence-corrected chi connectivity index (χ3v) is 4.45. The number of amides is 2. The lowest BCUT2D eigenvalue weighted by Gasteiger charge is -2.33. The van der Waals surface area contributed by atoms with Crippen molar-refractivity contribution in [2.24, 2.45) is 0 Å². The van der Waals surface area contributed by atoms with E-state index in [1.807, 2.05) is 6.07 Å². The zero-order valence-corrected chi connectivity index (χ0v) is 15.3. The molecule has 0 radical (unpaired) electrons. The number of anilines is 2. The Balaban J connectivity index is 1.65. The van der Waals surface area contributed by atoms with Crippen LogP contribution in [0.3, 0.4) is 0 Å². The summed E-state index contributed by atoms with van der Waals surface area (Å²) in [6.07, 6.45) is 2.55. The molecule has 0 spiro atoms. The van der Waals surface area contributed by atoms with Gasteiger partial charge in [-0.1, -0.05) is 0 Å². The SMILES string of the molecule is COc1ccc(NC(=O)c2ccc(N3CCN(C=O)CC3)cn2)cc1OC. The van der Waals surface area contributed by atoms with Gasteiger partial charge in [0, 0.05) is 37.9 Å². The summed E-state index contributed by atoms with van der Waals surface area (Å²) in [5, 5.41) is 2.80. The Labute approximate surface area is 157 Å². The predicted molar refractivity (Wildman–Crippen MR) is 102 cm³/mol. The lowest BCUT2D eigenvalue weighted by atomic mass is 10.2. The standard InChI is InChI=1S/C19H22N4O4/c1-26-17-6-3-14(11-18(17)27-2)21-19(25)16-5-4-15(12-20-16)23-9-7-22(13-24)8-10-23/h3-6,11-13H,7-10H2,1-2H3,(H,21,25). The van der Waals surface area contributed by atoms with Gasteiger partial charge in [0.1, 0.15) is 5.69 Å². The second-order valence-corrected chi connectivity index (χ2v) is 6.05. The number of nitrogens with zero attached hydrogens (tertiary/aromatic N) is 3. The van der Waals surface area contributed by atoms with Gasteiger partial charge in [-0.2, -0.15) is 0 Å². The maximum atomic E-state index is 12.4. The molecule has 0 unspecified atom stereocenters. The molecule has 8 nitrogen and oxygen atoms in total. The fraction of sp³-hybridized carbons (Fsp3) is 0.316. The van der Waals surface area contributed by atoms with Gasteiger partial charge in [0.25, 0.3) is 5.91 Å². The molecule has 0 aliphatic carbocycles. The fourth-order valence-electron chi connectivity index (χ4n) is 2.90. The van der Waals surface area contributed by atoms with E-state index in [2.05, 4.69) is 15.2 Å². The third-order valence-electron chi connectivity index (χ3n) is 4.45. The van der Waals surface area contributed by atoms with Crippen LogP contribution in [0, 0.1) is 0 Å². The quantitative estimate of drug-likeness (QED) is 0.778. The number of benzene rings is 1. The molecular formula is C19H22N4O4. The number of carbonyl (C=O) groups is 2. The summed E-state index contributed by atoms with van der Waals surface area (Å²) in [6, 6.07) is 8.71. The van der Waals surface area contributed by atoms with Gasteiger partial charge in [-0.25, -0.2) is 4.98 Å². The maximum Gasteiger partial charge on any atom is 0.274 e. The molecule has 1 saturated heterocycles. The first-order valence-corrected chi connectivity index (χ1v) is 8.58. The number of piperazine rings is 1. The summed E-state index contributed by atoms with van der Waals surface area (Å²) >= 11 is 0. The normalized spacial score (nSPS) is 13.9. The van der Waals surface area contributed by atoms with Crippen LogP contribution in [0.4, 0.5) is 11.4 Å². The van der Waals surface area contributed by atoms with Gasteiger partial charge in [-0.05, 0) is 24.3 Å². The molecule has 1 aromatic carbocycles. The van der Waals surface area contributed by atoms with E-state index in [1.54, 1.807) is 49.6 Å². The van der Waals surface area contributed by atoms with Gasteiger partial charge in [-0.15, -0.1) is 0 Å². The van der Waals surface area contributed by atoms with Crippen molar-refractivity contribution < 1.29 is 19.1 Å². The Morgan fingerprint density at radius 2 is 1.81 bits per heavy atom. The lowest BCUT2D eigenvalue weighted by Crippen LogP contribution is -2.45. The third kappa shape index (κ3) is 4.28. The Morgan fingerprint density at radius 1 is 1.07 bits per heavy atom. The van der Waals surface area contributed by atoms with Crippen molar-refractivity contribution in [3.05, 3.63) is 42.2 Å². The molecule has 142 valence electrons. The molecule has 27 heavy (non-hydrogen) atoms. The largest absolute Gasteiger partial charge is 0.493 e. The van der Waals surface area contributed by atoms with Crippen LogP contribution in [0.5, 0.6) is 11.5 Å².